The molecule has 3 aliphatic rings. The summed E-state index contributed by atoms with van der Waals surface area (Å²) >= 11 is 0. The number of nitrogens with one attached hydrogen (secondary N) is 1. The van der Waals surface area contributed by atoms with Crippen LogP contribution in [0.15, 0.2) is 54.6 Å². The lowest BCUT2D eigenvalue weighted by atomic mass is 9.98. The van der Waals surface area contributed by atoms with E-state index in [1.54, 1.807) is 0 Å². The van der Waals surface area contributed by atoms with Crippen LogP contribution in [0.4, 0.5) is 5.69 Å². The Labute approximate surface area is 185 Å². The molecule has 2 atom stereocenters. The molecule has 0 spiro atoms. The van der Waals surface area contributed by atoms with Gasteiger partial charge in [0.25, 0.3) is 0 Å². The second-order valence-corrected chi connectivity index (χ2v) is 9.45. The summed E-state index contributed by atoms with van der Waals surface area (Å²) in [6, 6.07) is 17.8. The zero-order valence-corrected chi connectivity index (χ0v) is 18.2. The molecule has 0 radical (unpaired) electrons. The number of benzene rings is 2. The van der Waals surface area contributed by atoms with Gasteiger partial charge in [-0.15, -0.1) is 0 Å². The number of hydrogen-bond acceptors (Lipinski definition) is 5. The lowest BCUT2D eigenvalue weighted by Crippen LogP contribution is -2.36. The summed E-state index contributed by atoms with van der Waals surface area (Å²) in [5, 5.41) is 3.47. The Morgan fingerprint density at radius 1 is 0.903 bits per heavy atom. The van der Waals surface area contributed by atoms with Crippen LogP contribution in [0.2, 0.25) is 0 Å². The van der Waals surface area contributed by atoms with E-state index < -0.39 is 0 Å². The fourth-order valence-corrected chi connectivity index (χ4v) is 5.49. The molecule has 3 aliphatic heterocycles. The molecule has 0 bridgehead atoms. The number of fused-ring (bicyclic) bond motifs is 1. The van der Waals surface area contributed by atoms with E-state index in [4.69, 9.17) is 4.74 Å². The summed E-state index contributed by atoms with van der Waals surface area (Å²) in [6.07, 6.45) is 2.66. The number of carbonyl (C=O) groups is 1. The first-order chi connectivity index (χ1) is 15.2. The molecule has 164 valence electrons. The second-order valence-electron chi connectivity index (χ2n) is 9.45. The van der Waals surface area contributed by atoms with Crippen LogP contribution in [-0.2, 0) is 11.3 Å². The Balaban J connectivity index is 1.11. The molecule has 31 heavy (non-hydrogen) atoms. The molecule has 0 aromatic heterocycles. The van der Waals surface area contributed by atoms with Crippen LogP contribution < -0.4 is 10.2 Å². The van der Waals surface area contributed by atoms with Crippen molar-refractivity contribution in [3.63, 3.8) is 0 Å². The quantitative estimate of drug-likeness (QED) is 0.727. The number of anilines is 1. The first kappa shape index (κ1) is 20.5. The number of esters is 1. The number of carbonyl (C=O) groups excluding carboxylic acids is 1. The second kappa shape index (κ2) is 9.41. The van der Waals surface area contributed by atoms with Crippen LogP contribution in [0.3, 0.4) is 0 Å². The number of rotatable bonds is 6. The Morgan fingerprint density at radius 3 is 2.26 bits per heavy atom. The lowest BCUT2D eigenvalue weighted by molar-refractivity contribution is 0.0472. The molecule has 0 aliphatic carbocycles. The highest BCUT2D eigenvalue weighted by molar-refractivity contribution is 5.89. The van der Waals surface area contributed by atoms with E-state index in [0.29, 0.717) is 12.2 Å². The van der Waals surface area contributed by atoms with Crippen molar-refractivity contribution in [1.82, 2.24) is 10.2 Å². The van der Waals surface area contributed by atoms with E-state index in [-0.39, 0.29) is 5.97 Å². The molecule has 5 nitrogen and oxygen atoms in total. The van der Waals surface area contributed by atoms with Crippen molar-refractivity contribution >= 4 is 11.7 Å². The summed E-state index contributed by atoms with van der Waals surface area (Å²) in [6.45, 7) is 8.73. The molecule has 2 aromatic rings. The third kappa shape index (κ3) is 4.94. The maximum atomic E-state index is 12.4. The topological polar surface area (TPSA) is 44.8 Å². The maximum Gasteiger partial charge on any atom is 0.338 e. The van der Waals surface area contributed by atoms with E-state index in [9.17, 15) is 4.79 Å². The molecule has 2 unspecified atom stereocenters. The summed E-state index contributed by atoms with van der Waals surface area (Å²) in [4.78, 5) is 17.6. The van der Waals surface area contributed by atoms with Crippen molar-refractivity contribution in [3.05, 3.63) is 65.7 Å². The fraction of sp³-hybridized carbons (Fsp3) is 0.500. The van der Waals surface area contributed by atoms with E-state index in [1.807, 2.05) is 42.5 Å². The predicted octanol–water partition coefficient (Wildman–Crippen LogP) is 3.41. The SMILES string of the molecule is O=C(OCc1ccccc1)c1ccc(N2CC3CN(CC4CCNCC4)CC3C2)cc1. The average Bonchev–Trinajstić information content (AvgIpc) is 3.38. The largest absolute Gasteiger partial charge is 0.457 e. The van der Waals surface area contributed by atoms with Gasteiger partial charge < -0.3 is 19.9 Å². The summed E-state index contributed by atoms with van der Waals surface area (Å²) < 4.78 is 5.45. The van der Waals surface area contributed by atoms with Crippen LogP contribution in [0.5, 0.6) is 0 Å². The van der Waals surface area contributed by atoms with Gasteiger partial charge in [0.15, 0.2) is 0 Å². The van der Waals surface area contributed by atoms with Crippen LogP contribution in [0, 0.1) is 17.8 Å². The molecule has 5 heteroatoms. The minimum atomic E-state index is -0.262. The van der Waals surface area contributed by atoms with Gasteiger partial charge in [0.05, 0.1) is 5.56 Å². The highest BCUT2D eigenvalue weighted by Gasteiger charge is 2.40. The number of hydrogen-bond donors (Lipinski definition) is 1. The molecule has 1 N–H and O–H groups in total. The zero-order chi connectivity index (χ0) is 21.0. The van der Waals surface area contributed by atoms with Crippen molar-refractivity contribution in [1.29, 1.82) is 0 Å². The van der Waals surface area contributed by atoms with Gasteiger partial charge in [-0.2, -0.15) is 0 Å². The molecule has 0 amide bonds. The third-order valence-electron chi connectivity index (χ3n) is 7.22. The van der Waals surface area contributed by atoms with Crippen molar-refractivity contribution in [2.24, 2.45) is 17.8 Å². The normalized spacial score (nSPS) is 24.3. The predicted molar refractivity (Wildman–Crippen MR) is 123 cm³/mol. The van der Waals surface area contributed by atoms with E-state index >= 15 is 0 Å². The van der Waals surface area contributed by atoms with E-state index in [0.717, 1.165) is 36.4 Å². The minimum Gasteiger partial charge on any atom is -0.457 e. The summed E-state index contributed by atoms with van der Waals surface area (Å²) in [5.41, 5.74) is 2.84. The average molecular weight is 420 g/mol. The first-order valence-corrected chi connectivity index (χ1v) is 11.7. The molecular formula is C26H33N3O2. The molecule has 3 heterocycles. The van der Waals surface area contributed by atoms with Crippen molar-refractivity contribution in [2.75, 3.05) is 50.7 Å². The molecule has 3 fully saturated rings. The van der Waals surface area contributed by atoms with Crippen LogP contribution in [0.1, 0.15) is 28.8 Å². The Bertz CT molecular complexity index is 850. The molecular weight excluding hydrogens is 386 g/mol. The molecule has 0 saturated carbocycles. The fourth-order valence-electron chi connectivity index (χ4n) is 5.49. The van der Waals surface area contributed by atoms with Gasteiger partial charge in [-0.3, -0.25) is 0 Å². The Kier molecular flexibility index (Phi) is 6.23. The summed E-state index contributed by atoms with van der Waals surface area (Å²) in [5.74, 6) is 2.17. The monoisotopic (exact) mass is 419 g/mol. The van der Waals surface area contributed by atoms with Gasteiger partial charge in [0, 0.05) is 38.4 Å². The van der Waals surface area contributed by atoms with Gasteiger partial charge in [-0.25, -0.2) is 4.79 Å². The van der Waals surface area contributed by atoms with Gasteiger partial charge >= 0.3 is 5.97 Å². The van der Waals surface area contributed by atoms with Gasteiger partial charge in [-0.05, 0) is 73.5 Å². The van der Waals surface area contributed by atoms with Crippen LogP contribution in [0.25, 0.3) is 0 Å². The third-order valence-corrected chi connectivity index (χ3v) is 7.22. The molecule has 5 rings (SSSR count). The van der Waals surface area contributed by atoms with Crippen molar-refractivity contribution in [2.45, 2.75) is 19.4 Å². The smallest absolute Gasteiger partial charge is 0.338 e. The van der Waals surface area contributed by atoms with Gasteiger partial charge in [0.1, 0.15) is 6.61 Å². The zero-order valence-electron chi connectivity index (χ0n) is 18.2. The van der Waals surface area contributed by atoms with E-state index in [2.05, 4.69) is 27.2 Å². The van der Waals surface area contributed by atoms with Gasteiger partial charge in [-0.1, -0.05) is 30.3 Å². The Hall–Kier alpha value is -2.37. The standard InChI is InChI=1S/C26H33N3O2/c30-26(31-19-21-4-2-1-3-5-21)22-6-8-25(9-7-22)29-17-23-15-28(16-24(23)18-29)14-20-10-12-27-13-11-20/h1-9,20,23-24,27H,10-19H2. The highest BCUT2D eigenvalue weighted by Crippen LogP contribution is 2.34. The first-order valence-electron chi connectivity index (χ1n) is 11.7. The number of likely N-dealkylation sites (tertiary alicyclic amines) is 1. The van der Waals surface area contributed by atoms with Crippen LogP contribution in [-0.4, -0.2) is 56.7 Å². The number of ether oxygens (including phenoxy) is 1. The highest BCUT2D eigenvalue weighted by atomic mass is 16.5. The van der Waals surface area contributed by atoms with Gasteiger partial charge in [0.2, 0.25) is 0 Å². The maximum absolute atomic E-state index is 12.4. The Morgan fingerprint density at radius 2 is 1.58 bits per heavy atom. The number of nitrogens with zero attached hydrogens (tertiary/aromatic N) is 2. The lowest BCUT2D eigenvalue weighted by Gasteiger charge is -2.29. The minimum absolute atomic E-state index is 0.262. The van der Waals surface area contributed by atoms with Crippen molar-refractivity contribution in [3.8, 4) is 0 Å². The van der Waals surface area contributed by atoms with Crippen LogP contribution >= 0.6 is 0 Å². The molecule has 3 saturated heterocycles. The summed E-state index contributed by atoms with van der Waals surface area (Å²) in [7, 11) is 0. The number of piperidine rings is 1. The van der Waals surface area contributed by atoms with Crippen molar-refractivity contribution < 1.29 is 9.53 Å². The molecule has 2 aromatic carbocycles. The van der Waals surface area contributed by atoms with E-state index in [1.165, 1.54) is 51.3 Å².